The van der Waals surface area contributed by atoms with Gasteiger partial charge < -0.3 is 5.32 Å². The van der Waals surface area contributed by atoms with Crippen LogP contribution in [0.15, 0.2) is 46.9 Å². The molecule has 2 N–H and O–H groups in total. The molecule has 3 rings (SSSR count). The standard InChI is InChI=1S/C21H16BrClF6N2O4S/c1-10(36(2,33)34)18(32)30-16-4-3-11(5-15(16)23)17-9-19(35-31-17,21(27,28)29)12-6-13(20(24,25)26)8-14(22)7-12/h3-10,31H,1-2H3,(H,30,32). The van der Waals surface area contributed by atoms with Gasteiger partial charge in [-0.05, 0) is 43.3 Å². The molecule has 15 heteroatoms. The number of hydrogen-bond acceptors (Lipinski definition) is 5. The molecule has 1 heterocycles. The zero-order valence-corrected chi connectivity index (χ0v) is 21.3. The van der Waals surface area contributed by atoms with Crippen LogP contribution in [-0.2, 0) is 31.2 Å². The van der Waals surface area contributed by atoms with Gasteiger partial charge in [-0.25, -0.2) is 8.42 Å². The average molecular weight is 622 g/mol. The van der Waals surface area contributed by atoms with Gasteiger partial charge in [-0.1, -0.05) is 33.6 Å². The van der Waals surface area contributed by atoms with E-state index in [1.54, 1.807) is 0 Å². The van der Waals surface area contributed by atoms with Crippen LogP contribution in [0, 0.1) is 0 Å². The quantitative estimate of drug-likeness (QED) is 0.411. The normalized spacial score (nSPS) is 19.4. The molecule has 2 unspecified atom stereocenters. The van der Waals surface area contributed by atoms with Crippen LogP contribution in [0.1, 0.15) is 23.6 Å². The lowest BCUT2D eigenvalue weighted by Crippen LogP contribution is -2.42. The Kier molecular flexibility index (Phi) is 7.50. The van der Waals surface area contributed by atoms with Crippen molar-refractivity contribution in [2.75, 3.05) is 11.6 Å². The minimum atomic E-state index is -5.18. The van der Waals surface area contributed by atoms with E-state index in [9.17, 15) is 39.6 Å². The first kappa shape index (κ1) is 28.3. The summed E-state index contributed by atoms with van der Waals surface area (Å²) in [6.07, 6.45) is -8.64. The number of anilines is 1. The van der Waals surface area contributed by atoms with E-state index < -0.39 is 50.1 Å². The molecular formula is C21H16BrClF6N2O4S. The molecule has 2 atom stereocenters. The summed E-state index contributed by atoms with van der Waals surface area (Å²) in [5, 5.41) is 0.782. The van der Waals surface area contributed by atoms with Crippen LogP contribution in [0.3, 0.4) is 0 Å². The Labute approximate surface area is 214 Å². The van der Waals surface area contributed by atoms with Crippen molar-refractivity contribution in [1.82, 2.24) is 5.48 Å². The van der Waals surface area contributed by atoms with Crippen LogP contribution in [-0.4, -0.2) is 32.0 Å². The van der Waals surface area contributed by atoms with E-state index in [1.165, 1.54) is 25.1 Å². The Morgan fingerprint density at radius 1 is 1.14 bits per heavy atom. The van der Waals surface area contributed by atoms with Gasteiger partial charge in [0.15, 0.2) is 9.84 Å². The van der Waals surface area contributed by atoms with E-state index in [2.05, 4.69) is 26.7 Å². The van der Waals surface area contributed by atoms with Gasteiger partial charge in [0.25, 0.3) is 0 Å². The molecule has 6 nitrogen and oxygen atoms in total. The molecule has 1 aliphatic rings. The van der Waals surface area contributed by atoms with Crippen LogP contribution in [0.5, 0.6) is 0 Å². The number of carbonyl (C=O) groups is 1. The lowest BCUT2D eigenvalue weighted by molar-refractivity contribution is -0.269. The van der Waals surface area contributed by atoms with Gasteiger partial charge >= 0.3 is 12.4 Å². The second-order valence-corrected chi connectivity index (χ2v) is 11.6. The van der Waals surface area contributed by atoms with Crippen molar-refractivity contribution in [3.05, 3.63) is 68.7 Å². The number of benzene rings is 2. The van der Waals surface area contributed by atoms with Crippen LogP contribution < -0.4 is 10.8 Å². The molecule has 0 aliphatic carbocycles. The predicted octanol–water partition coefficient (Wildman–Crippen LogP) is 5.83. The Balaban J connectivity index is 2.02. The van der Waals surface area contributed by atoms with Crippen LogP contribution in [0.2, 0.25) is 5.02 Å². The highest BCUT2D eigenvalue weighted by Crippen LogP contribution is 2.49. The molecule has 0 aromatic heterocycles. The van der Waals surface area contributed by atoms with Gasteiger partial charge in [-0.15, -0.1) is 0 Å². The zero-order chi connectivity index (χ0) is 27.3. The smallest absolute Gasteiger partial charge is 0.324 e. The number of amides is 1. The fraction of sp³-hybridized carbons (Fsp3) is 0.286. The second-order valence-electron chi connectivity index (χ2n) is 7.88. The SMILES string of the molecule is CC(C(=O)Nc1ccc(C2=CC(c3cc(Br)cc(C(F)(F)F)c3)(C(F)(F)F)ON2)cc1Cl)S(C)(=O)=O. The summed E-state index contributed by atoms with van der Waals surface area (Å²) in [7, 11) is -3.70. The minimum absolute atomic E-state index is 0.00988. The average Bonchev–Trinajstić information content (AvgIpc) is 3.20. The van der Waals surface area contributed by atoms with E-state index in [4.69, 9.17) is 16.4 Å². The van der Waals surface area contributed by atoms with Crippen molar-refractivity contribution >= 4 is 54.7 Å². The highest BCUT2D eigenvalue weighted by Gasteiger charge is 2.60. The van der Waals surface area contributed by atoms with Crippen LogP contribution in [0.25, 0.3) is 5.70 Å². The fourth-order valence-electron chi connectivity index (χ4n) is 3.17. The van der Waals surface area contributed by atoms with Crippen molar-refractivity contribution in [2.45, 2.75) is 30.1 Å². The monoisotopic (exact) mass is 620 g/mol. The first-order valence-corrected chi connectivity index (χ1v) is 12.9. The maximum atomic E-state index is 14.2. The zero-order valence-electron chi connectivity index (χ0n) is 18.2. The van der Waals surface area contributed by atoms with Gasteiger partial charge in [-0.3, -0.25) is 15.1 Å². The van der Waals surface area contributed by atoms with Crippen molar-refractivity contribution in [3.63, 3.8) is 0 Å². The molecule has 0 radical (unpaired) electrons. The van der Waals surface area contributed by atoms with Gasteiger partial charge in [0, 0.05) is 21.9 Å². The van der Waals surface area contributed by atoms with E-state index in [0.29, 0.717) is 18.2 Å². The predicted molar refractivity (Wildman–Crippen MR) is 123 cm³/mol. The Morgan fingerprint density at radius 3 is 2.31 bits per heavy atom. The van der Waals surface area contributed by atoms with Crippen LogP contribution >= 0.6 is 27.5 Å². The number of halogens is 8. The number of alkyl halides is 6. The summed E-state index contributed by atoms with van der Waals surface area (Å²) in [4.78, 5) is 17.0. The number of hydrogen-bond donors (Lipinski definition) is 2. The number of sulfone groups is 1. The number of rotatable bonds is 5. The maximum absolute atomic E-state index is 14.2. The summed E-state index contributed by atoms with van der Waals surface area (Å²) < 4.78 is 105. The summed E-state index contributed by atoms with van der Waals surface area (Å²) in [6.45, 7) is 1.17. The highest BCUT2D eigenvalue weighted by molar-refractivity contribution is 9.10. The third kappa shape index (κ3) is 5.66. The third-order valence-corrected chi connectivity index (χ3v) is 7.56. The highest BCUT2D eigenvalue weighted by atomic mass is 79.9. The van der Waals surface area contributed by atoms with E-state index in [1.807, 2.05) is 0 Å². The summed E-state index contributed by atoms with van der Waals surface area (Å²) in [6, 6.07) is 5.48. The first-order valence-electron chi connectivity index (χ1n) is 9.76. The maximum Gasteiger partial charge on any atom is 0.428 e. The molecule has 0 bridgehead atoms. The van der Waals surface area contributed by atoms with Gasteiger partial charge in [0.2, 0.25) is 11.5 Å². The number of nitrogens with one attached hydrogen (secondary N) is 2. The molecule has 2 aromatic carbocycles. The Morgan fingerprint density at radius 2 is 1.78 bits per heavy atom. The minimum Gasteiger partial charge on any atom is -0.324 e. The molecule has 2 aromatic rings. The molecule has 0 fully saturated rings. The molecule has 0 spiro atoms. The molecule has 36 heavy (non-hydrogen) atoms. The van der Waals surface area contributed by atoms with Crippen LogP contribution in [0.4, 0.5) is 32.0 Å². The molecule has 196 valence electrons. The number of hydroxylamine groups is 1. The van der Waals surface area contributed by atoms with Crippen molar-refractivity contribution < 1.29 is 44.4 Å². The lowest BCUT2D eigenvalue weighted by atomic mass is 9.90. The number of carbonyl (C=O) groups excluding carboxylic acids is 1. The molecule has 1 amide bonds. The second kappa shape index (κ2) is 9.54. The van der Waals surface area contributed by atoms with Gasteiger partial charge in [0.1, 0.15) is 5.25 Å². The summed E-state index contributed by atoms with van der Waals surface area (Å²) >= 11 is 8.94. The van der Waals surface area contributed by atoms with Gasteiger partial charge in [-0.2, -0.15) is 26.3 Å². The first-order chi connectivity index (χ1) is 16.3. The lowest BCUT2D eigenvalue weighted by Gasteiger charge is -2.29. The summed E-state index contributed by atoms with van der Waals surface area (Å²) in [5.74, 6) is -0.875. The van der Waals surface area contributed by atoms with Crippen molar-refractivity contribution in [1.29, 1.82) is 0 Å². The molecule has 0 saturated heterocycles. The topological polar surface area (TPSA) is 84.5 Å². The van der Waals surface area contributed by atoms with E-state index in [0.717, 1.165) is 12.3 Å². The van der Waals surface area contributed by atoms with Gasteiger partial charge in [0.05, 0.1) is 22.0 Å². The largest absolute Gasteiger partial charge is 0.428 e. The van der Waals surface area contributed by atoms with E-state index >= 15 is 0 Å². The Hall–Kier alpha value is -2.29. The van der Waals surface area contributed by atoms with E-state index in [-0.39, 0.29) is 26.4 Å². The summed E-state index contributed by atoms with van der Waals surface area (Å²) in [5.41, 5.74) is -3.54. The van der Waals surface area contributed by atoms with Crippen molar-refractivity contribution in [2.24, 2.45) is 0 Å². The third-order valence-electron chi connectivity index (χ3n) is 5.29. The fourth-order valence-corrected chi connectivity index (χ4v) is 4.33. The molecule has 1 aliphatic heterocycles. The van der Waals surface area contributed by atoms with Crippen molar-refractivity contribution in [3.8, 4) is 0 Å². The molecular weight excluding hydrogens is 606 g/mol. The molecule has 0 saturated carbocycles. The Bertz CT molecular complexity index is 1350.